The maximum absolute atomic E-state index is 11.8. The van der Waals surface area contributed by atoms with Crippen molar-refractivity contribution in [3.05, 3.63) is 17.2 Å². The number of hydrogen-bond acceptors (Lipinski definition) is 4. The van der Waals surface area contributed by atoms with E-state index >= 15 is 0 Å². The number of hydrogen-bond donors (Lipinski definition) is 1. The molecular weight excluding hydrogens is 248 g/mol. The van der Waals surface area contributed by atoms with Gasteiger partial charge in [0.15, 0.2) is 5.69 Å². The van der Waals surface area contributed by atoms with Crippen molar-refractivity contribution >= 4 is 11.9 Å². The Morgan fingerprint density at radius 2 is 2.16 bits per heavy atom. The molecule has 1 aliphatic rings. The molecule has 19 heavy (non-hydrogen) atoms. The summed E-state index contributed by atoms with van der Waals surface area (Å²) in [7, 11) is 1.32. The summed E-state index contributed by atoms with van der Waals surface area (Å²) in [6.07, 6.45) is 1.43. The number of rotatable bonds is 3. The first-order valence-electron chi connectivity index (χ1n) is 6.38. The molecule has 6 nitrogen and oxygen atoms in total. The molecule has 0 saturated carbocycles. The van der Waals surface area contributed by atoms with Crippen LogP contribution in [-0.2, 0) is 16.1 Å². The van der Waals surface area contributed by atoms with Crippen molar-refractivity contribution in [3.8, 4) is 0 Å². The van der Waals surface area contributed by atoms with Crippen LogP contribution in [0, 0.1) is 0 Å². The van der Waals surface area contributed by atoms with Gasteiger partial charge in [-0.15, -0.1) is 0 Å². The molecule has 0 aromatic carbocycles. The lowest BCUT2D eigenvalue weighted by Gasteiger charge is -2.24. The summed E-state index contributed by atoms with van der Waals surface area (Å²) in [4.78, 5) is 27.4. The van der Waals surface area contributed by atoms with Crippen LogP contribution in [0.5, 0.6) is 0 Å². The smallest absolute Gasteiger partial charge is 0.356 e. The third-order valence-corrected chi connectivity index (χ3v) is 3.45. The van der Waals surface area contributed by atoms with Crippen molar-refractivity contribution in [2.45, 2.75) is 45.1 Å². The number of aromatic carboxylic acids is 1. The van der Waals surface area contributed by atoms with Crippen molar-refractivity contribution < 1.29 is 19.4 Å². The molecule has 0 spiro atoms. The summed E-state index contributed by atoms with van der Waals surface area (Å²) in [5.41, 5.74) is 0.480. The lowest BCUT2D eigenvalue weighted by Crippen LogP contribution is -2.25. The number of carboxylic acid groups (broad SMARTS) is 1. The van der Waals surface area contributed by atoms with Gasteiger partial charge in [-0.2, -0.15) is 0 Å². The lowest BCUT2D eigenvalue weighted by molar-refractivity contribution is -0.143. The molecule has 1 atom stereocenters. The fourth-order valence-corrected chi connectivity index (χ4v) is 2.63. The summed E-state index contributed by atoms with van der Waals surface area (Å²) in [5.74, 6) is -1.17. The van der Waals surface area contributed by atoms with Crippen molar-refractivity contribution in [2.24, 2.45) is 0 Å². The number of aromatic nitrogens is 2. The topological polar surface area (TPSA) is 81.4 Å². The third-order valence-electron chi connectivity index (χ3n) is 3.45. The summed E-state index contributed by atoms with van der Waals surface area (Å²) in [6.45, 7) is 4.63. The van der Waals surface area contributed by atoms with E-state index in [0.29, 0.717) is 18.7 Å². The second kappa shape index (κ2) is 5.03. The van der Waals surface area contributed by atoms with Crippen LogP contribution >= 0.6 is 0 Å². The Kier molecular flexibility index (Phi) is 3.59. The Labute approximate surface area is 111 Å². The van der Waals surface area contributed by atoms with E-state index in [0.717, 1.165) is 12.2 Å². The molecule has 1 aliphatic heterocycles. The van der Waals surface area contributed by atoms with E-state index in [2.05, 4.69) is 4.98 Å². The molecule has 1 N–H and O–H groups in total. The zero-order chi connectivity index (χ0) is 14.2. The minimum atomic E-state index is -1.09. The van der Waals surface area contributed by atoms with Crippen molar-refractivity contribution in [2.75, 3.05) is 7.11 Å². The van der Waals surface area contributed by atoms with Gasteiger partial charge in [-0.3, -0.25) is 4.79 Å². The van der Waals surface area contributed by atoms with E-state index in [9.17, 15) is 14.7 Å². The molecule has 0 fully saturated rings. The zero-order valence-electron chi connectivity index (χ0n) is 11.3. The van der Waals surface area contributed by atoms with Crippen LogP contribution in [-0.4, -0.2) is 33.7 Å². The molecule has 0 radical (unpaired) electrons. The summed E-state index contributed by atoms with van der Waals surface area (Å²) < 4.78 is 6.65. The molecule has 2 heterocycles. The van der Waals surface area contributed by atoms with Gasteiger partial charge in [-0.25, -0.2) is 9.78 Å². The molecule has 0 saturated heterocycles. The maximum Gasteiger partial charge on any atom is 0.356 e. The summed E-state index contributed by atoms with van der Waals surface area (Å²) in [5, 5.41) is 9.28. The molecule has 1 aromatic rings. The van der Waals surface area contributed by atoms with Crippen LogP contribution in [0.25, 0.3) is 0 Å². The van der Waals surface area contributed by atoms with Crippen LogP contribution in [0.3, 0.4) is 0 Å². The van der Waals surface area contributed by atoms with Crippen LogP contribution in [0.4, 0.5) is 0 Å². The average molecular weight is 266 g/mol. The van der Waals surface area contributed by atoms with Gasteiger partial charge in [0.25, 0.3) is 0 Å². The second-order valence-electron chi connectivity index (χ2n) is 5.03. The Morgan fingerprint density at radius 1 is 1.47 bits per heavy atom. The molecule has 0 amide bonds. The predicted octanol–water partition coefficient (Wildman–Crippen LogP) is 1.76. The number of fused-ring (bicyclic) bond motifs is 1. The van der Waals surface area contributed by atoms with Crippen LogP contribution in [0.1, 0.15) is 60.5 Å². The SMILES string of the molecule is COC(=O)C1CCCn2c(C(C)C)nc(C(=O)O)c21. The molecular formula is C13H18N2O4. The van der Waals surface area contributed by atoms with Crippen LogP contribution in [0.2, 0.25) is 0 Å². The number of carbonyl (C=O) groups excluding carboxylic acids is 1. The van der Waals surface area contributed by atoms with E-state index in [1.807, 2.05) is 18.4 Å². The largest absolute Gasteiger partial charge is 0.476 e. The van der Waals surface area contributed by atoms with Crippen molar-refractivity contribution in [1.82, 2.24) is 9.55 Å². The van der Waals surface area contributed by atoms with Gasteiger partial charge in [0, 0.05) is 12.5 Å². The first-order valence-corrected chi connectivity index (χ1v) is 6.38. The van der Waals surface area contributed by atoms with Crippen molar-refractivity contribution in [3.63, 3.8) is 0 Å². The van der Waals surface area contributed by atoms with E-state index < -0.39 is 17.9 Å². The third kappa shape index (κ3) is 2.22. The number of ether oxygens (including phenoxy) is 1. The molecule has 2 rings (SSSR count). The quantitative estimate of drug-likeness (QED) is 0.843. The van der Waals surface area contributed by atoms with E-state index in [1.165, 1.54) is 7.11 Å². The van der Waals surface area contributed by atoms with Gasteiger partial charge in [0.1, 0.15) is 5.82 Å². The van der Waals surface area contributed by atoms with E-state index in [4.69, 9.17) is 4.74 Å². The van der Waals surface area contributed by atoms with E-state index in [1.54, 1.807) is 0 Å². The fourth-order valence-electron chi connectivity index (χ4n) is 2.63. The minimum absolute atomic E-state index is 0.0150. The van der Waals surface area contributed by atoms with Gasteiger partial charge < -0.3 is 14.4 Å². The maximum atomic E-state index is 11.8. The number of imidazole rings is 1. The summed E-state index contributed by atoms with van der Waals surface area (Å²) in [6, 6.07) is 0. The molecule has 6 heteroatoms. The van der Waals surface area contributed by atoms with Gasteiger partial charge in [0.2, 0.25) is 0 Å². The predicted molar refractivity (Wildman–Crippen MR) is 67.3 cm³/mol. The Bertz CT molecular complexity index is 519. The first kappa shape index (κ1) is 13.6. The van der Waals surface area contributed by atoms with Gasteiger partial charge in [-0.1, -0.05) is 13.8 Å². The van der Waals surface area contributed by atoms with Gasteiger partial charge in [0.05, 0.1) is 18.7 Å². The summed E-state index contributed by atoms with van der Waals surface area (Å²) >= 11 is 0. The number of carbonyl (C=O) groups is 2. The number of methoxy groups -OCH3 is 1. The normalized spacial score (nSPS) is 18.2. The fraction of sp³-hybridized carbons (Fsp3) is 0.615. The molecule has 0 aliphatic carbocycles. The minimum Gasteiger partial charge on any atom is -0.476 e. The number of nitrogens with zero attached hydrogens (tertiary/aromatic N) is 2. The van der Waals surface area contributed by atoms with Crippen LogP contribution < -0.4 is 0 Å². The number of esters is 1. The molecule has 1 aromatic heterocycles. The average Bonchev–Trinajstić information content (AvgIpc) is 2.77. The first-order chi connectivity index (χ1) is 8.97. The Morgan fingerprint density at radius 3 is 2.68 bits per heavy atom. The van der Waals surface area contributed by atoms with Crippen LogP contribution in [0.15, 0.2) is 0 Å². The standard InChI is InChI=1S/C13H18N2O4/c1-7(2)11-14-9(12(16)17)10-8(13(18)19-3)5-4-6-15(10)11/h7-8H,4-6H2,1-3H3,(H,16,17). The highest BCUT2D eigenvalue weighted by atomic mass is 16.5. The monoisotopic (exact) mass is 266 g/mol. The zero-order valence-corrected chi connectivity index (χ0v) is 11.3. The van der Waals surface area contributed by atoms with Crippen molar-refractivity contribution in [1.29, 1.82) is 0 Å². The highest BCUT2D eigenvalue weighted by Crippen LogP contribution is 2.34. The molecule has 1 unspecified atom stereocenters. The Balaban J connectivity index is 2.60. The molecule has 104 valence electrons. The van der Waals surface area contributed by atoms with E-state index in [-0.39, 0.29) is 11.6 Å². The molecule has 0 bridgehead atoms. The number of carboxylic acids is 1. The Hall–Kier alpha value is -1.85. The highest BCUT2D eigenvalue weighted by molar-refractivity contribution is 5.90. The highest BCUT2D eigenvalue weighted by Gasteiger charge is 2.35. The second-order valence-corrected chi connectivity index (χ2v) is 5.03. The van der Waals surface area contributed by atoms with Gasteiger partial charge in [-0.05, 0) is 12.8 Å². The van der Waals surface area contributed by atoms with Gasteiger partial charge >= 0.3 is 11.9 Å². The lowest BCUT2D eigenvalue weighted by atomic mass is 9.94.